The molecule has 2 nitrogen and oxygen atoms in total. The van der Waals surface area contributed by atoms with Crippen molar-refractivity contribution in [3.63, 3.8) is 0 Å². The first-order valence-electron chi connectivity index (χ1n) is 3.74. The van der Waals surface area contributed by atoms with E-state index < -0.39 is 0 Å². The minimum absolute atomic E-state index is 0.0706. The molecule has 0 radical (unpaired) electrons. The van der Waals surface area contributed by atoms with Crippen LogP contribution in [0.25, 0.3) is 0 Å². The molecule has 2 aliphatic carbocycles. The second kappa shape index (κ2) is 1.70. The molecule has 0 aromatic carbocycles. The topological polar surface area (TPSA) is 46.2 Å². The Labute approximate surface area is 55.1 Å². The highest BCUT2D eigenvalue weighted by atomic mass is 16.3. The van der Waals surface area contributed by atoms with Crippen molar-refractivity contribution < 1.29 is 5.11 Å². The van der Waals surface area contributed by atoms with Crippen LogP contribution in [0.15, 0.2) is 0 Å². The lowest BCUT2D eigenvalue weighted by Gasteiger charge is -2.13. The molecular formula is C7H13NO. The quantitative estimate of drug-likeness (QED) is 0.485. The van der Waals surface area contributed by atoms with Crippen molar-refractivity contribution in [3.05, 3.63) is 0 Å². The SMILES string of the molecule is N[C@@H]1[C@H]2CCCC(O)[C@@H]12. The highest BCUT2D eigenvalue weighted by Crippen LogP contribution is 2.48. The Morgan fingerprint density at radius 2 is 2.11 bits per heavy atom. The van der Waals surface area contributed by atoms with E-state index in [-0.39, 0.29) is 6.10 Å². The zero-order chi connectivity index (χ0) is 6.43. The first-order chi connectivity index (χ1) is 4.30. The average molecular weight is 127 g/mol. The Balaban J connectivity index is 2.02. The van der Waals surface area contributed by atoms with Crippen molar-refractivity contribution in [3.8, 4) is 0 Å². The van der Waals surface area contributed by atoms with E-state index in [2.05, 4.69) is 0 Å². The van der Waals surface area contributed by atoms with Gasteiger partial charge in [0.2, 0.25) is 0 Å². The van der Waals surface area contributed by atoms with Crippen molar-refractivity contribution in [2.75, 3.05) is 0 Å². The van der Waals surface area contributed by atoms with E-state index in [1.54, 1.807) is 0 Å². The summed E-state index contributed by atoms with van der Waals surface area (Å²) in [5, 5.41) is 9.31. The number of hydrogen-bond acceptors (Lipinski definition) is 2. The molecule has 4 atom stereocenters. The predicted octanol–water partition coefficient (Wildman–Crippen LogP) is 0.104. The van der Waals surface area contributed by atoms with Crippen LogP contribution in [0.5, 0.6) is 0 Å². The van der Waals surface area contributed by atoms with Gasteiger partial charge in [-0.3, -0.25) is 0 Å². The van der Waals surface area contributed by atoms with E-state index in [0.717, 1.165) is 6.42 Å². The molecule has 0 aliphatic heterocycles. The van der Waals surface area contributed by atoms with E-state index in [4.69, 9.17) is 5.73 Å². The minimum Gasteiger partial charge on any atom is -0.393 e. The Hall–Kier alpha value is -0.0800. The second-order valence-electron chi connectivity index (χ2n) is 3.32. The summed E-state index contributed by atoms with van der Waals surface area (Å²) in [6.45, 7) is 0. The maximum Gasteiger partial charge on any atom is 0.0586 e. The third-order valence-corrected chi connectivity index (χ3v) is 2.77. The van der Waals surface area contributed by atoms with Crippen molar-refractivity contribution >= 4 is 0 Å². The highest BCUT2D eigenvalue weighted by molar-refractivity contribution is 5.06. The largest absolute Gasteiger partial charge is 0.393 e. The van der Waals surface area contributed by atoms with Crippen LogP contribution in [0.1, 0.15) is 19.3 Å². The van der Waals surface area contributed by atoms with Crippen molar-refractivity contribution in [2.24, 2.45) is 17.6 Å². The Morgan fingerprint density at radius 3 is 2.67 bits per heavy atom. The predicted molar refractivity (Wildman–Crippen MR) is 34.8 cm³/mol. The van der Waals surface area contributed by atoms with Crippen molar-refractivity contribution in [1.29, 1.82) is 0 Å². The van der Waals surface area contributed by atoms with Gasteiger partial charge in [-0.25, -0.2) is 0 Å². The summed E-state index contributed by atoms with van der Waals surface area (Å²) < 4.78 is 0. The van der Waals surface area contributed by atoms with Crippen LogP contribution in [-0.2, 0) is 0 Å². The van der Waals surface area contributed by atoms with Gasteiger partial charge < -0.3 is 10.8 Å². The van der Waals surface area contributed by atoms with Gasteiger partial charge in [0.05, 0.1) is 6.10 Å². The van der Waals surface area contributed by atoms with Gasteiger partial charge in [0.15, 0.2) is 0 Å². The lowest BCUT2D eigenvalue weighted by atomic mass is 9.98. The number of rotatable bonds is 0. The summed E-state index contributed by atoms with van der Waals surface area (Å²) in [5.41, 5.74) is 5.70. The van der Waals surface area contributed by atoms with Crippen LogP contribution in [0, 0.1) is 11.8 Å². The fraction of sp³-hybridized carbons (Fsp3) is 1.00. The molecule has 0 spiro atoms. The minimum atomic E-state index is -0.0706. The summed E-state index contributed by atoms with van der Waals surface area (Å²) in [7, 11) is 0. The number of fused-ring (bicyclic) bond motifs is 1. The van der Waals surface area contributed by atoms with Crippen LogP contribution >= 0.6 is 0 Å². The third kappa shape index (κ3) is 0.700. The van der Waals surface area contributed by atoms with Crippen LogP contribution in [0.4, 0.5) is 0 Å². The second-order valence-corrected chi connectivity index (χ2v) is 3.32. The number of nitrogens with two attached hydrogens (primary N) is 1. The van der Waals surface area contributed by atoms with Crippen molar-refractivity contribution in [1.82, 2.24) is 0 Å². The zero-order valence-corrected chi connectivity index (χ0v) is 5.46. The smallest absolute Gasteiger partial charge is 0.0586 e. The molecule has 2 rings (SSSR count). The van der Waals surface area contributed by atoms with Gasteiger partial charge in [0.25, 0.3) is 0 Å². The van der Waals surface area contributed by atoms with E-state index in [1.807, 2.05) is 0 Å². The Kier molecular flexibility index (Phi) is 1.08. The van der Waals surface area contributed by atoms with Gasteiger partial charge in [-0.1, -0.05) is 6.42 Å². The molecule has 52 valence electrons. The lowest BCUT2D eigenvalue weighted by Crippen LogP contribution is -2.16. The lowest BCUT2D eigenvalue weighted by molar-refractivity contribution is 0.115. The fourth-order valence-corrected chi connectivity index (χ4v) is 2.11. The van der Waals surface area contributed by atoms with Gasteiger partial charge in [-0.05, 0) is 18.8 Å². The number of hydrogen-bond donors (Lipinski definition) is 2. The Bertz CT molecular complexity index is 120. The number of aliphatic hydroxyl groups excluding tert-OH is 1. The third-order valence-electron chi connectivity index (χ3n) is 2.77. The molecule has 0 saturated heterocycles. The van der Waals surface area contributed by atoms with Gasteiger partial charge >= 0.3 is 0 Å². The fourth-order valence-electron chi connectivity index (χ4n) is 2.11. The summed E-state index contributed by atoms with van der Waals surface area (Å²) in [4.78, 5) is 0. The molecule has 0 aromatic heterocycles. The summed E-state index contributed by atoms with van der Waals surface area (Å²) in [6, 6.07) is 0.336. The molecule has 2 fully saturated rings. The summed E-state index contributed by atoms with van der Waals surface area (Å²) >= 11 is 0. The molecule has 2 heteroatoms. The molecule has 1 unspecified atom stereocenters. The van der Waals surface area contributed by atoms with E-state index >= 15 is 0 Å². The standard InChI is InChI=1S/C7H13NO/c8-7-4-2-1-3-5(9)6(4)7/h4-7,9H,1-3,8H2/t4-,5?,6-,7+/m0/s1. The molecule has 3 N–H and O–H groups in total. The molecule has 0 aromatic rings. The maximum atomic E-state index is 9.31. The van der Waals surface area contributed by atoms with Crippen LogP contribution in [-0.4, -0.2) is 17.3 Å². The highest BCUT2D eigenvalue weighted by Gasteiger charge is 2.52. The molecule has 2 saturated carbocycles. The maximum absolute atomic E-state index is 9.31. The number of aliphatic hydroxyl groups is 1. The normalized spacial score (nSPS) is 56.7. The molecule has 0 amide bonds. The first-order valence-corrected chi connectivity index (χ1v) is 3.74. The first kappa shape index (κ1) is 5.69. The van der Waals surface area contributed by atoms with Gasteiger partial charge in [0, 0.05) is 12.0 Å². The van der Waals surface area contributed by atoms with Crippen molar-refractivity contribution in [2.45, 2.75) is 31.4 Å². The van der Waals surface area contributed by atoms with Gasteiger partial charge in [-0.15, -0.1) is 0 Å². The van der Waals surface area contributed by atoms with Crippen LogP contribution in [0.2, 0.25) is 0 Å². The molecule has 0 heterocycles. The Morgan fingerprint density at radius 1 is 1.33 bits per heavy atom. The zero-order valence-electron chi connectivity index (χ0n) is 5.46. The summed E-state index contributed by atoms with van der Waals surface area (Å²) in [6.07, 6.45) is 3.34. The van der Waals surface area contributed by atoms with E-state index in [0.29, 0.717) is 17.9 Å². The van der Waals surface area contributed by atoms with Gasteiger partial charge in [-0.2, -0.15) is 0 Å². The van der Waals surface area contributed by atoms with Crippen LogP contribution in [0.3, 0.4) is 0 Å². The monoisotopic (exact) mass is 127 g/mol. The summed E-state index contributed by atoms with van der Waals surface area (Å²) in [5.74, 6) is 1.15. The van der Waals surface area contributed by atoms with E-state index in [1.165, 1.54) is 12.8 Å². The molecule has 9 heavy (non-hydrogen) atoms. The molecular weight excluding hydrogens is 114 g/mol. The molecule has 0 bridgehead atoms. The molecule has 2 aliphatic rings. The average Bonchev–Trinajstić information content (AvgIpc) is 2.45. The van der Waals surface area contributed by atoms with Gasteiger partial charge in [0.1, 0.15) is 0 Å². The van der Waals surface area contributed by atoms with E-state index in [9.17, 15) is 5.11 Å². The van der Waals surface area contributed by atoms with Crippen LogP contribution < -0.4 is 5.73 Å².